The van der Waals surface area contributed by atoms with Crippen molar-refractivity contribution in [3.8, 4) is 0 Å². The summed E-state index contributed by atoms with van der Waals surface area (Å²) in [4.78, 5) is 75.2. The molecule has 2 aliphatic heterocycles. The second-order valence-corrected chi connectivity index (χ2v) is 14.7. The maximum Gasteiger partial charge on any atom is 0.419 e. The van der Waals surface area contributed by atoms with Gasteiger partial charge in [-0.05, 0) is 82.4 Å². The van der Waals surface area contributed by atoms with Crippen LogP contribution in [0.3, 0.4) is 0 Å². The van der Waals surface area contributed by atoms with Crippen molar-refractivity contribution in [2.75, 3.05) is 43.4 Å². The normalized spacial score (nSPS) is 16.0. The minimum Gasteiger partial charge on any atom is -0.404 e. The molecule has 8 N–H and O–H groups in total. The summed E-state index contributed by atoms with van der Waals surface area (Å²) >= 11 is 0. The SMILES string of the molecule is CC(C)(O)CN=C/C(=C\N)c1nc(Nc2ccc(CCNCCCCCNC(=O)CNc3cccc4c3C(=O)N(C3CCC(=O)NC3=O)C4=O)cc2F)ncc1C(F)(F)F. The Morgan fingerprint density at radius 2 is 1.82 bits per heavy atom. The van der Waals surface area contributed by atoms with Crippen LogP contribution in [0.1, 0.15) is 83.5 Å². The van der Waals surface area contributed by atoms with Gasteiger partial charge in [0, 0.05) is 42.8 Å². The number of hydrogen-bond donors (Lipinski definition) is 7. The number of fused-ring (bicyclic) bond motifs is 1. The zero-order valence-corrected chi connectivity index (χ0v) is 32.9. The molecule has 5 amide bonds. The highest BCUT2D eigenvalue weighted by Gasteiger charge is 2.45. The predicted octanol–water partition coefficient (Wildman–Crippen LogP) is 3.45. The summed E-state index contributed by atoms with van der Waals surface area (Å²) in [6, 6.07) is 7.92. The Bertz CT molecular complexity index is 2170. The number of nitrogens with one attached hydrogen (secondary N) is 5. The minimum atomic E-state index is -4.82. The largest absolute Gasteiger partial charge is 0.419 e. The van der Waals surface area contributed by atoms with E-state index in [1.807, 2.05) is 0 Å². The first kappa shape index (κ1) is 44.8. The van der Waals surface area contributed by atoms with Gasteiger partial charge in [-0.15, -0.1) is 0 Å². The minimum absolute atomic E-state index is 0.00486. The lowest BCUT2D eigenvalue weighted by Gasteiger charge is -2.27. The lowest BCUT2D eigenvalue weighted by molar-refractivity contribution is -0.138. The molecule has 2 aromatic carbocycles. The van der Waals surface area contributed by atoms with E-state index in [4.69, 9.17) is 5.73 Å². The van der Waals surface area contributed by atoms with Crippen LogP contribution in [0.25, 0.3) is 5.57 Å². The van der Waals surface area contributed by atoms with Gasteiger partial charge in [0.05, 0.1) is 41.2 Å². The van der Waals surface area contributed by atoms with Gasteiger partial charge in [0.25, 0.3) is 11.8 Å². The van der Waals surface area contributed by atoms with Gasteiger partial charge in [-0.1, -0.05) is 18.6 Å². The highest BCUT2D eigenvalue weighted by Crippen LogP contribution is 2.35. The molecule has 320 valence electrons. The molecule has 3 aromatic rings. The molecule has 1 unspecified atom stereocenters. The number of allylic oxidation sites excluding steroid dienone is 1. The topological polar surface area (TPSA) is 233 Å². The van der Waals surface area contributed by atoms with Crippen LogP contribution < -0.4 is 32.3 Å². The number of aromatic nitrogens is 2. The molecular formula is C40H46F4N10O6. The standard InChI is InChI=1S/C40H46F4N10O6/c1-39(2,60)22-47-19-24(18-45)34-26(40(42,43)44)20-50-38(53-34)51-28-10-9-23(17-27(28)41)13-16-46-14-4-3-5-15-48-32(56)21-49-29-8-6-7-25-33(29)37(59)54(36(25)58)30-11-12-31(55)52-35(30)57/h6-10,17-20,30,46,49,60H,3-5,11-16,21-22,45H2,1-2H3,(H,48,56)(H,50,51,53)(H,52,55,57)/b24-18+,47-19?. The number of aliphatic hydroxyl groups is 1. The number of hydrogen-bond acceptors (Lipinski definition) is 13. The quantitative estimate of drug-likeness (QED) is 0.0398. The zero-order valence-electron chi connectivity index (χ0n) is 32.9. The first-order valence-electron chi connectivity index (χ1n) is 19.2. The van der Waals surface area contributed by atoms with Crippen LogP contribution in [-0.4, -0.2) is 100 Å². The van der Waals surface area contributed by atoms with E-state index in [2.05, 4.69) is 41.5 Å². The number of halogens is 4. The van der Waals surface area contributed by atoms with Crippen LogP contribution in [0.15, 0.2) is 53.8 Å². The van der Waals surface area contributed by atoms with Gasteiger partial charge in [0.15, 0.2) is 0 Å². The maximum atomic E-state index is 15.1. The molecule has 20 heteroatoms. The number of benzene rings is 2. The van der Waals surface area contributed by atoms with E-state index in [1.165, 1.54) is 32.0 Å². The number of rotatable bonds is 19. The van der Waals surface area contributed by atoms with Crippen molar-refractivity contribution in [2.45, 2.75) is 70.2 Å². The van der Waals surface area contributed by atoms with Gasteiger partial charge in [-0.2, -0.15) is 13.2 Å². The molecule has 2 aliphatic rings. The molecule has 5 rings (SSSR count). The van der Waals surface area contributed by atoms with Crippen LogP contribution in [0.4, 0.5) is 34.9 Å². The van der Waals surface area contributed by atoms with Crippen molar-refractivity contribution < 1.29 is 46.6 Å². The second kappa shape index (κ2) is 19.6. The number of carbonyl (C=O) groups is 5. The molecule has 0 saturated carbocycles. The summed E-state index contributed by atoms with van der Waals surface area (Å²) in [6.45, 7) is 4.34. The molecule has 0 aliphatic carbocycles. The van der Waals surface area contributed by atoms with Gasteiger partial charge in [0.2, 0.25) is 23.7 Å². The van der Waals surface area contributed by atoms with Crippen molar-refractivity contribution in [3.63, 3.8) is 0 Å². The number of imide groups is 2. The molecule has 1 fully saturated rings. The fourth-order valence-electron chi connectivity index (χ4n) is 6.39. The van der Waals surface area contributed by atoms with E-state index in [0.29, 0.717) is 44.2 Å². The van der Waals surface area contributed by atoms with E-state index < -0.39 is 58.5 Å². The van der Waals surface area contributed by atoms with E-state index in [9.17, 15) is 42.3 Å². The molecular weight excluding hydrogens is 792 g/mol. The van der Waals surface area contributed by atoms with E-state index in [0.717, 1.165) is 30.2 Å². The first-order chi connectivity index (χ1) is 28.5. The third kappa shape index (κ3) is 11.7. The number of nitrogens with zero attached hydrogens (tertiary/aromatic N) is 4. The number of unbranched alkanes of at least 4 members (excludes halogenated alkanes) is 2. The molecule has 3 heterocycles. The number of amides is 5. The summed E-state index contributed by atoms with van der Waals surface area (Å²) in [5, 5.41) is 23.7. The van der Waals surface area contributed by atoms with Gasteiger partial charge >= 0.3 is 6.18 Å². The number of carbonyl (C=O) groups excluding carboxylic acids is 5. The average molecular weight is 839 g/mol. The molecule has 0 radical (unpaired) electrons. The Morgan fingerprint density at radius 3 is 2.52 bits per heavy atom. The Labute approximate surface area is 342 Å². The van der Waals surface area contributed by atoms with Crippen LogP contribution in [-0.2, 0) is 27.0 Å². The third-order valence-electron chi connectivity index (χ3n) is 9.39. The van der Waals surface area contributed by atoms with E-state index in [-0.39, 0.29) is 65.9 Å². The average Bonchev–Trinajstić information content (AvgIpc) is 3.44. The van der Waals surface area contributed by atoms with Crippen molar-refractivity contribution in [1.82, 2.24) is 30.8 Å². The molecule has 1 atom stereocenters. The van der Waals surface area contributed by atoms with Gasteiger partial charge in [-0.3, -0.25) is 39.2 Å². The van der Waals surface area contributed by atoms with Crippen LogP contribution in [0.2, 0.25) is 0 Å². The van der Waals surface area contributed by atoms with Gasteiger partial charge in [0.1, 0.15) is 17.4 Å². The number of piperidine rings is 1. The third-order valence-corrected chi connectivity index (χ3v) is 9.39. The molecule has 1 aromatic heterocycles. The smallest absolute Gasteiger partial charge is 0.404 e. The Hall–Kier alpha value is -6.28. The molecule has 0 bridgehead atoms. The molecule has 60 heavy (non-hydrogen) atoms. The predicted molar refractivity (Wildman–Crippen MR) is 214 cm³/mol. The Kier molecular flexibility index (Phi) is 14.7. The highest BCUT2D eigenvalue weighted by molar-refractivity contribution is 6.25. The summed E-state index contributed by atoms with van der Waals surface area (Å²) in [7, 11) is 0. The summed E-state index contributed by atoms with van der Waals surface area (Å²) in [5.74, 6) is -3.77. The fourth-order valence-corrected chi connectivity index (χ4v) is 6.39. The highest BCUT2D eigenvalue weighted by atomic mass is 19.4. The van der Waals surface area contributed by atoms with Gasteiger partial charge < -0.3 is 32.1 Å². The van der Waals surface area contributed by atoms with Crippen molar-refractivity contribution in [3.05, 3.63) is 82.6 Å². The lowest BCUT2D eigenvalue weighted by Crippen LogP contribution is -2.54. The van der Waals surface area contributed by atoms with Gasteiger partial charge in [-0.25, -0.2) is 14.4 Å². The number of alkyl halides is 3. The Morgan fingerprint density at radius 1 is 1.05 bits per heavy atom. The number of nitrogens with two attached hydrogens (primary N) is 1. The number of anilines is 3. The fraction of sp³-hybridized carbons (Fsp3) is 0.400. The van der Waals surface area contributed by atoms with E-state index in [1.54, 1.807) is 18.2 Å². The van der Waals surface area contributed by atoms with Crippen molar-refractivity contribution in [1.29, 1.82) is 0 Å². The number of aliphatic imine (C=N–C) groups is 1. The molecule has 1 saturated heterocycles. The summed E-state index contributed by atoms with van der Waals surface area (Å²) in [6.07, 6.45) is 0.568. The first-order valence-corrected chi connectivity index (χ1v) is 19.2. The molecule has 0 spiro atoms. The van der Waals surface area contributed by atoms with Crippen LogP contribution >= 0.6 is 0 Å². The lowest BCUT2D eigenvalue weighted by atomic mass is 10.0. The Balaban J connectivity index is 1.00. The monoisotopic (exact) mass is 838 g/mol. The maximum absolute atomic E-state index is 15.1. The van der Waals surface area contributed by atoms with Crippen LogP contribution in [0, 0.1) is 5.82 Å². The summed E-state index contributed by atoms with van der Waals surface area (Å²) in [5.41, 5.74) is 3.55. The van der Waals surface area contributed by atoms with Crippen molar-refractivity contribution in [2.24, 2.45) is 10.7 Å². The zero-order chi connectivity index (χ0) is 43.6. The molecule has 16 nitrogen and oxygen atoms in total. The van der Waals surface area contributed by atoms with Crippen LogP contribution in [0.5, 0.6) is 0 Å². The van der Waals surface area contributed by atoms with E-state index >= 15 is 4.39 Å². The second-order valence-electron chi connectivity index (χ2n) is 14.7. The summed E-state index contributed by atoms with van der Waals surface area (Å²) < 4.78 is 56.4. The van der Waals surface area contributed by atoms with Crippen molar-refractivity contribution >= 4 is 58.6 Å².